The molecule has 0 spiro atoms. The molecule has 0 aliphatic carbocycles. The Morgan fingerprint density at radius 1 is 1.12 bits per heavy atom. The van der Waals surface area contributed by atoms with Crippen molar-refractivity contribution >= 4 is 33.2 Å². The van der Waals surface area contributed by atoms with E-state index in [1.165, 1.54) is 30.3 Å². The lowest BCUT2D eigenvalue weighted by Gasteiger charge is -2.06. The predicted molar refractivity (Wildman–Crippen MR) is 85.6 cm³/mol. The Bertz CT molecular complexity index is 891. The average molecular weight is 371 g/mol. The molecule has 5 nitrogen and oxygen atoms in total. The van der Waals surface area contributed by atoms with Gasteiger partial charge in [-0.25, -0.2) is 17.6 Å². The van der Waals surface area contributed by atoms with Gasteiger partial charge in [0.1, 0.15) is 5.82 Å². The molecule has 0 fully saturated rings. The predicted octanol–water partition coefficient (Wildman–Crippen LogP) is 2.92. The summed E-state index contributed by atoms with van der Waals surface area (Å²) < 4.78 is 41.0. The number of sulfone groups is 1. The van der Waals surface area contributed by atoms with Crippen LogP contribution in [0.25, 0.3) is 0 Å². The molecule has 2 aromatic carbocycles. The van der Waals surface area contributed by atoms with E-state index in [0.717, 1.165) is 18.4 Å². The number of rotatable bonds is 5. The van der Waals surface area contributed by atoms with Gasteiger partial charge in [0, 0.05) is 16.8 Å². The van der Waals surface area contributed by atoms with Gasteiger partial charge >= 0.3 is 5.97 Å². The number of ether oxygens (including phenoxy) is 1. The van der Waals surface area contributed by atoms with Crippen molar-refractivity contribution in [2.75, 3.05) is 12.9 Å². The Labute approximate surface area is 142 Å². The summed E-state index contributed by atoms with van der Waals surface area (Å²) in [7, 11) is -3.37. The van der Waals surface area contributed by atoms with Crippen LogP contribution in [0.4, 0.5) is 4.39 Å². The second kappa shape index (κ2) is 7.11. The smallest absolute Gasteiger partial charge is 0.341 e. The first-order chi connectivity index (χ1) is 11.2. The zero-order chi connectivity index (χ0) is 17.9. The maximum Gasteiger partial charge on any atom is 0.341 e. The van der Waals surface area contributed by atoms with Gasteiger partial charge in [-0.2, -0.15) is 0 Å². The Morgan fingerprint density at radius 3 is 2.33 bits per heavy atom. The molecular weight excluding hydrogens is 359 g/mol. The number of hydrogen-bond acceptors (Lipinski definition) is 5. The van der Waals surface area contributed by atoms with Crippen LogP contribution in [0.5, 0.6) is 0 Å². The van der Waals surface area contributed by atoms with Crippen molar-refractivity contribution in [3.8, 4) is 0 Å². The van der Waals surface area contributed by atoms with Gasteiger partial charge in [0.25, 0.3) is 0 Å². The SMILES string of the molecule is CS(=O)(=O)c1ccc(C(=O)COC(=O)c2cc(Cl)ccc2F)cc1. The molecule has 0 aromatic heterocycles. The van der Waals surface area contributed by atoms with Crippen LogP contribution < -0.4 is 0 Å². The van der Waals surface area contributed by atoms with Crippen molar-refractivity contribution in [3.05, 3.63) is 64.4 Å². The van der Waals surface area contributed by atoms with E-state index < -0.39 is 34.0 Å². The molecule has 0 aliphatic rings. The summed E-state index contributed by atoms with van der Waals surface area (Å²) >= 11 is 5.68. The van der Waals surface area contributed by atoms with Crippen LogP contribution in [0.2, 0.25) is 5.02 Å². The zero-order valence-electron chi connectivity index (χ0n) is 12.5. The van der Waals surface area contributed by atoms with E-state index in [-0.39, 0.29) is 21.0 Å². The van der Waals surface area contributed by atoms with E-state index in [9.17, 15) is 22.4 Å². The molecule has 0 aliphatic heterocycles. The summed E-state index contributed by atoms with van der Waals surface area (Å²) in [6.45, 7) is -0.608. The lowest BCUT2D eigenvalue weighted by atomic mass is 10.1. The highest BCUT2D eigenvalue weighted by Crippen LogP contribution is 2.16. The first kappa shape index (κ1) is 18.1. The number of carbonyl (C=O) groups is 2. The van der Waals surface area contributed by atoms with Crippen LogP contribution in [-0.4, -0.2) is 33.0 Å². The first-order valence-electron chi connectivity index (χ1n) is 6.64. The van der Waals surface area contributed by atoms with Crippen molar-refractivity contribution in [2.24, 2.45) is 0 Å². The molecular formula is C16H12ClFO5S. The minimum absolute atomic E-state index is 0.0667. The molecule has 0 atom stereocenters. The molecule has 0 saturated carbocycles. The maximum absolute atomic E-state index is 13.5. The van der Waals surface area contributed by atoms with Gasteiger partial charge in [-0.05, 0) is 42.5 Å². The fourth-order valence-electron chi connectivity index (χ4n) is 1.83. The van der Waals surface area contributed by atoms with Gasteiger partial charge in [0.2, 0.25) is 0 Å². The van der Waals surface area contributed by atoms with Gasteiger partial charge in [0.05, 0.1) is 10.5 Å². The summed E-state index contributed by atoms with van der Waals surface area (Å²) in [5.74, 6) is -2.38. The first-order valence-corrected chi connectivity index (χ1v) is 8.91. The number of hydrogen-bond donors (Lipinski definition) is 0. The van der Waals surface area contributed by atoms with Gasteiger partial charge in [-0.15, -0.1) is 0 Å². The number of halogens is 2. The molecule has 0 radical (unpaired) electrons. The summed E-state index contributed by atoms with van der Waals surface area (Å²) in [4.78, 5) is 23.8. The Morgan fingerprint density at radius 2 is 1.75 bits per heavy atom. The minimum atomic E-state index is -3.37. The number of esters is 1. The van der Waals surface area contributed by atoms with E-state index in [0.29, 0.717) is 0 Å². The van der Waals surface area contributed by atoms with E-state index in [4.69, 9.17) is 16.3 Å². The molecule has 2 aromatic rings. The Hall–Kier alpha value is -2.25. The number of Topliss-reactive ketones (excluding diaryl/α,β-unsaturated/α-hetero) is 1. The second-order valence-corrected chi connectivity index (χ2v) is 7.37. The van der Waals surface area contributed by atoms with Gasteiger partial charge in [-0.1, -0.05) is 11.6 Å². The quantitative estimate of drug-likeness (QED) is 0.597. The minimum Gasteiger partial charge on any atom is -0.454 e. The topological polar surface area (TPSA) is 77.5 Å². The lowest BCUT2D eigenvalue weighted by molar-refractivity contribution is 0.0470. The van der Waals surface area contributed by atoms with E-state index >= 15 is 0 Å². The van der Waals surface area contributed by atoms with E-state index in [2.05, 4.69) is 0 Å². The molecule has 0 bridgehead atoms. The van der Waals surface area contributed by atoms with Crippen LogP contribution in [0, 0.1) is 5.82 Å². The van der Waals surface area contributed by atoms with Gasteiger partial charge in [0.15, 0.2) is 22.2 Å². The molecule has 0 amide bonds. The van der Waals surface area contributed by atoms with Crippen LogP contribution >= 0.6 is 11.6 Å². The molecule has 0 heterocycles. The summed E-state index contributed by atoms with van der Waals surface area (Å²) in [5.41, 5.74) is -0.204. The number of ketones is 1. The average Bonchev–Trinajstić information content (AvgIpc) is 2.53. The van der Waals surface area contributed by atoms with E-state index in [1.54, 1.807) is 0 Å². The van der Waals surface area contributed by atoms with E-state index in [1.807, 2.05) is 0 Å². The third-order valence-electron chi connectivity index (χ3n) is 3.09. The molecule has 0 unspecified atom stereocenters. The summed E-state index contributed by atoms with van der Waals surface area (Å²) in [5, 5.41) is 0.158. The van der Waals surface area contributed by atoms with Crippen LogP contribution in [0.1, 0.15) is 20.7 Å². The largest absolute Gasteiger partial charge is 0.454 e. The highest BCUT2D eigenvalue weighted by atomic mass is 35.5. The number of benzene rings is 2. The molecule has 126 valence electrons. The summed E-state index contributed by atoms with van der Waals surface area (Å²) in [6.07, 6.45) is 1.05. The molecule has 0 saturated heterocycles. The van der Waals surface area contributed by atoms with Crippen LogP contribution in [-0.2, 0) is 14.6 Å². The van der Waals surface area contributed by atoms with Gasteiger partial charge in [-0.3, -0.25) is 4.79 Å². The number of carbonyl (C=O) groups excluding carboxylic acids is 2. The highest BCUT2D eigenvalue weighted by Gasteiger charge is 2.16. The second-order valence-electron chi connectivity index (χ2n) is 4.92. The van der Waals surface area contributed by atoms with Crippen molar-refractivity contribution in [2.45, 2.75) is 4.90 Å². The van der Waals surface area contributed by atoms with Crippen molar-refractivity contribution in [1.29, 1.82) is 0 Å². The monoisotopic (exact) mass is 370 g/mol. The zero-order valence-corrected chi connectivity index (χ0v) is 14.0. The van der Waals surface area contributed by atoms with Crippen molar-refractivity contribution in [3.63, 3.8) is 0 Å². The third-order valence-corrected chi connectivity index (χ3v) is 4.45. The Kier molecular flexibility index (Phi) is 5.36. The molecule has 2 rings (SSSR count). The fourth-order valence-corrected chi connectivity index (χ4v) is 2.64. The van der Waals surface area contributed by atoms with Crippen molar-refractivity contribution in [1.82, 2.24) is 0 Å². The van der Waals surface area contributed by atoms with Crippen molar-refractivity contribution < 1.29 is 27.1 Å². The molecule has 0 N–H and O–H groups in total. The normalized spacial score (nSPS) is 11.1. The molecule has 24 heavy (non-hydrogen) atoms. The third kappa shape index (κ3) is 4.39. The Balaban J connectivity index is 2.05. The standard InChI is InChI=1S/C16H12ClFO5S/c1-24(21,22)12-5-2-10(3-6-12)15(19)9-23-16(20)13-8-11(17)4-7-14(13)18/h2-8H,9H2,1H3. The lowest BCUT2D eigenvalue weighted by Crippen LogP contribution is -2.15. The summed E-state index contributed by atoms with van der Waals surface area (Å²) in [6, 6.07) is 8.58. The van der Waals surface area contributed by atoms with Gasteiger partial charge < -0.3 is 4.74 Å². The van der Waals surface area contributed by atoms with Crippen LogP contribution in [0.3, 0.4) is 0 Å². The maximum atomic E-state index is 13.5. The molecule has 8 heteroatoms. The fraction of sp³-hybridized carbons (Fsp3) is 0.125. The van der Waals surface area contributed by atoms with Crippen LogP contribution in [0.15, 0.2) is 47.4 Å². The highest BCUT2D eigenvalue weighted by molar-refractivity contribution is 7.90.